The van der Waals surface area contributed by atoms with Crippen LogP contribution in [-0.2, 0) is 18.0 Å². The number of esters is 1. The number of para-hydroxylation sites is 1. The normalized spacial score (nSPS) is 10.7. The Morgan fingerprint density at radius 3 is 2.59 bits per heavy atom. The Morgan fingerprint density at radius 2 is 1.79 bits per heavy atom. The highest BCUT2D eigenvalue weighted by Crippen LogP contribution is 2.24. The molecule has 0 N–H and O–H groups in total. The van der Waals surface area contributed by atoms with Crippen molar-refractivity contribution < 1.29 is 18.7 Å². The Hall–Kier alpha value is -3.38. The average molecular weight is 405 g/mol. The van der Waals surface area contributed by atoms with Crippen LogP contribution in [0.1, 0.15) is 27.6 Å². The van der Waals surface area contributed by atoms with Crippen LogP contribution in [0.3, 0.4) is 0 Å². The Kier molecular flexibility index (Phi) is 5.72. The van der Waals surface area contributed by atoms with Crippen molar-refractivity contribution in [2.75, 3.05) is 0 Å². The molecule has 0 bridgehead atoms. The molecule has 5 nitrogen and oxygen atoms in total. The van der Waals surface area contributed by atoms with Crippen LogP contribution in [0.25, 0.3) is 10.6 Å². The van der Waals surface area contributed by atoms with Gasteiger partial charge in [-0.2, -0.15) is 0 Å². The molecule has 0 aliphatic carbocycles. The van der Waals surface area contributed by atoms with Crippen LogP contribution < -0.4 is 4.74 Å². The van der Waals surface area contributed by atoms with Crippen molar-refractivity contribution >= 4 is 17.3 Å². The summed E-state index contributed by atoms with van der Waals surface area (Å²) in [5.74, 6) is 0.906. The number of furan rings is 1. The Bertz CT molecular complexity index is 1080. The number of carbonyl (C=O) groups excluding carboxylic acids is 1. The Balaban J connectivity index is 1.31. The lowest BCUT2D eigenvalue weighted by Gasteiger charge is -2.03. The van der Waals surface area contributed by atoms with Gasteiger partial charge in [-0.3, -0.25) is 0 Å². The summed E-state index contributed by atoms with van der Waals surface area (Å²) >= 11 is 1.52. The Morgan fingerprint density at radius 1 is 1.00 bits per heavy atom. The lowest BCUT2D eigenvalue weighted by Crippen LogP contribution is -2.04. The SMILES string of the molecule is Cc1ccc(-c2nc(COC(=O)c3ccc(COc4ccccc4)o3)cs2)cc1. The van der Waals surface area contributed by atoms with Crippen molar-refractivity contribution in [3.63, 3.8) is 0 Å². The summed E-state index contributed by atoms with van der Waals surface area (Å²) in [6.07, 6.45) is 0. The number of nitrogens with zero attached hydrogens (tertiary/aromatic N) is 1. The molecule has 0 aliphatic rings. The maximum atomic E-state index is 12.2. The molecule has 0 aliphatic heterocycles. The van der Waals surface area contributed by atoms with E-state index in [1.807, 2.05) is 66.9 Å². The number of benzene rings is 2. The number of aromatic nitrogens is 1. The second kappa shape index (κ2) is 8.75. The van der Waals surface area contributed by atoms with E-state index >= 15 is 0 Å². The summed E-state index contributed by atoms with van der Waals surface area (Å²) in [5.41, 5.74) is 2.96. The van der Waals surface area contributed by atoms with Gasteiger partial charge < -0.3 is 13.9 Å². The highest BCUT2D eigenvalue weighted by atomic mass is 32.1. The second-order valence-electron chi connectivity index (χ2n) is 6.45. The van der Waals surface area contributed by atoms with E-state index in [1.54, 1.807) is 12.1 Å². The van der Waals surface area contributed by atoms with Crippen molar-refractivity contribution in [3.8, 4) is 16.3 Å². The van der Waals surface area contributed by atoms with Crippen molar-refractivity contribution in [1.29, 1.82) is 0 Å². The molecule has 4 rings (SSSR count). The minimum Gasteiger partial charge on any atom is -0.486 e. The van der Waals surface area contributed by atoms with E-state index in [0.717, 1.165) is 16.3 Å². The lowest BCUT2D eigenvalue weighted by molar-refractivity contribution is 0.0428. The van der Waals surface area contributed by atoms with Gasteiger partial charge in [0.2, 0.25) is 5.76 Å². The predicted octanol–water partition coefficient (Wildman–Crippen LogP) is 5.65. The number of rotatable bonds is 7. The van der Waals surface area contributed by atoms with E-state index in [0.29, 0.717) is 11.5 Å². The highest BCUT2D eigenvalue weighted by molar-refractivity contribution is 7.13. The molecule has 2 aromatic heterocycles. The van der Waals surface area contributed by atoms with E-state index in [1.165, 1.54) is 16.9 Å². The molecule has 0 atom stereocenters. The third kappa shape index (κ3) is 4.92. The summed E-state index contributed by atoms with van der Waals surface area (Å²) < 4.78 is 16.5. The van der Waals surface area contributed by atoms with Gasteiger partial charge in [-0.05, 0) is 31.2 Å². The van der Waals surface area contributed by atoms with Gasteiger partial charge in [0.25, 0.3) is 0 Å². The van der Waals surface area contributed by atoms with Crippen LogP contribution in [0, 0.1) is 6.92 Å². The number of carbonyl (C=O) groups is 1. The third-order valence-corrected chi connectivity index (χ3v) is 5.13. The van der Waals surface area contributed by atoms with Crippen molar-refractivity contribution in [2.45, 2.75) is 20.1 Å². The van der Waals surface area contributed by atoms with Crippen LogP contribution in [0.2, 0.25) is 0 Å². The first-order chi connectivity index (χ1) is 14.2. The fourth-order valence-corrected chi connectivity index (χ4v) is 3.46. The molecule has 0 saturated heterocycles. The molecule has 0 spiro atoms. The fraction of sp³-hybridized carbons (Fsp3) is 0.130. The molecule has 29 heavy (non-hydrogen) atoms. The molecule has 0 unspecified atom stereocenters. The van der Waals surface area contributed by atoms with Gasteiger partial charge in [0, 0.05) is 10.9 Å². The molecule has 4 aromatic rings. The number of ether oxygens (including phenoxy) is 2. The van der Waals surface area contributed by atoms with E-state index < -0.39 is 5.97 Å². The number of thiazole rings is 1. The minimum atomic E-state index is -0.527. The van der Waals surface area contributed by atoms with E-state index in [-0.39, 0.29) is 19.0 Å². The standard InChI is InChI=1S/C23H19NO4S/c1-16-7-9-17(10-8-16)22-24-18(15-29-22)13-27-23(25)21-12-11-20(28-21)14-26-19-5-3-2-4-6-19/h2-12,15H,13-14H2,1H3. The van der Waals surface area contributed by atoms with Gasteiger partial charge in [-0.1, -0.05) is 48.0 Å². The smallest absolute Gasteiger partial charge is 0.374 e. The highest BCUT2D eigenvalue weighted by Gasteiger charge is 2.14. The quantitative estimate of drug-likeness (QED) is 0.372. The van der Waals surface area contributed by atoms with Crippen molar-refractivity contribution in [1.82, 2.24) is 4.98 Å². The summed E-state index contributed by atoms with van der Waals surface area (Å²) in [7, 11) is 0. The van der Waals surface area contributed by atoms with Crippen LogP contribution >= 0.6 is 11.3 Å². The maximum Gasteiger partial charge on any atom is 0.374 e. The summed E-state index contributed by atoms with van der Waals surface area (Å²) in [6.45, 7) is 2.38. The molecular formula is C23H19NO4S. The second-order valence-corrected chi connectivity index (χ2v) is 7.31. The monoisotopic (exact) mass is 405 g/mol. The molecule has 2 heterocycles. The maximum absolute atomic E-state index is 12.2. The van der Waals surface area contributed by atoms with Gasteiger partial charge in [0.05, 0.1) is 5.69 Å². The van der Waals surface area contributed by atoms with Gasteiger partial charge >= 0.3 is 5.97 Å². The van der Waals surface area contributed by atoms with Gasteiger partial charge in [-0.15, -0.1) is 11.3 Å². The number of hydrogen-bond donors (Lipinski definition) is 0. The summed E-state index contributed by atoms with van der Waals surface area (Å²) in [6, 6.07) is 20.9. The van der Waals surface area contributed by atoms with Crippen molar-refractivity contribution in [2.24, 2.45) is 0 Å². The molecule has 0 amide bonds. The predicted molar refractivity (Wildman–Crippen MR) is 111 cm³/mol. The van der Waals surface area contributed by atoms with Crippen molar-refractivity contribution in [3.05, 3.63) is 94.9 Å². The molecular weight excluding hydrogens is 386 g/mol. The zero-order valence-corrected chi connectivity index (χ0v) is 16.6. The van der Waals surface area contributed by atoms with Gasteiger partial charge in [0.15, 0.2) is 0 Å². The summed E-state index contributed by atoms with van der Waals surface area (Å²) in [5, 5.41) is 2.79. The molecule has 0 radical (unpaired) electrons. The zero-order chi connectivity index (χ0) is 20.1. The number of hydrogen-bond acceptors (Lipinski definition) is 6. The first-order valence-electron chi connectivity index (χ1n) is 9.12. The van der Waals surface area contributed by atoms with Gasteiger partial charge in [-0.25, -0.2) is 9.78 Å². The lowest BCUT2D eigenvalue weighted by atomic mass is 10.2. The average Bonchev–Trinajstić information content (AvgIpc) is 3.42. The molecule has 2 aromatic carbocycles. The fourth-order valence-electron chi connectivity index (χ4n) is 2.65. The number of aryl methyl sites for hydroxylation is 1. The largest absolute Gasteiger partial charge is 0.486 e. The van der Waals surface area contributed by atoms with E-state index in [4.69, 9.17) is 13.9 Å². The van der Waals surface area contributed by atoms with E-state index in [2.05, 4.69) is 4.98 Å². The van der Waals surface area contributed by atoms with Gasteiger partial charge in [0.1, 0.15) is 29.7 Å². The first kappa shape index (κ1) is 19.0. The molecule has 6 heteroatoms. The van der Waals surface area contributed by atoms with Crippen LogP contribution in [0.15, 0.2) is 76.5 Å². The first-order valence-corrected chi connectivity index (χ1v) is 10.0. The van der Waals surface area contributed by atoms with Crippen LogP contribution in [0.5, 0.6) is 5.75 Å². The molecule has 0 saturated carbocycles. The third-order valence-electron chi connectivity index (χ3n) is 4.19. The topological polar surface area (TPSA) is 61.6 Å². The Labute approximate surface area is 172 Å². The van der Waals surface area contributed by atoms with Crippen LogP contribution in [-0.4, -0.2) is 11.0 Å². The zero-order valence-electron chi connectivity index (χ0n) is 15.8. The van der Waals surface area contributed by atoms with Crippen LogP contribution in [0.4, 0.5) is 0 Å². The molecule has 146 valence electrons. The van der Waals surface area contributed by atoms with E-state index in [9.17, 15) is 4.79 Å². The molecule has 0 fully saturated rings. The minimum absolute atomic E-state index is 0.0950. The summed E-state index contributed by atoms with van der Waals surface area (Å²) in [4.78, 5) is 16.8.